The number of rotatable bonds is 16. The second-order valence-corrected chi connectivity index (χ2v) is 13.0. The highest BCUT2D eigenvalue weighted by Crippen LogP contribution is 2.45. The van der Waals surface area contributed by atoms with E-state index < -0.39 is 11.9 Å². The fourth-order valence-electron chi connectivity index (χ4n) is 6.94. The lowest BCUT2D eigenvalue weighted by Crippen LogP contribution is -2.46. The van der Waals surface area contributed by atoms with E-state index in [1.165, 1.54) is 0 Å². The molecule has 4 aliphatic rings. The molecule has 4 aliphatic heterocycles. The van der Waals surface area contributed by atoms with Crippen LogP contribution in [0.3, 0.4) is 0 Å². The zero-order chi connectivity index (χ0) is 35.8. The standard InChI is InChI=1S/C23H28O7.C16H22O5/c1-24-18-8-4-16(5-9-18)12-27-14-23-15-29-20(22(26-3)30-23)21(23)28-13-17-6-10-19(25-2)11-7-17;1-4-16-10-20-13(15(18-3)21-16)14(16)19-9-11-5-7-12(17-2)8-6-11/h4-11,20-22H,12-15H2,1-3H3;5-8,13-15H,4,9-10H2,1-3H3/t20-,21?,22?,23-;13-,14?,15?,16-/m00/s1. The molecule has 8 atom stereocenters. The van der Waals surface area contributed by atoms with Crippen molar-refractivity contribution in [2.45, 2.75) is 81.4 Å². The molecule has 0 radical (unpaired) electrons. The fourth-order valence-corrected chi connectivity index (χ4v) is 6.94. The summed E-state index contributed by atoms with van der Waals surface area (Å²) in [4.78, 5) is 0. The van der Waals surface area contributed by atoms with Crippen molar-refractivity contribution in [1.82, 2.24) is 0 Å². The van der Waals surface area contributed by atoms with Crippen molar-refractivity contribution in [3.8, 4) is 17.2 Å². The van der Waals surface area contributed by atoms with Gasteiger partial charge in [-0.05, 0) is 59.5 Å². The summed E-state index contributed by atoms with van der Waals surface area (Å²) in [7, 11) is 8.21. The molecule has 0 saturated carbocycles. The van der Waals surface area contributed by atoms with Crippen LogP contribution in [0.5, 0.6) is 17.2 Å². The summed E-state index contributed by atoms with van der Waals surface area (Å²) in [6.07, 6.45) is -0.749. The van der Waals surface area contributed by atoms with E-state index in [2.05, 4.69) is 6.92 Å². The predicted octanol–water partition coefficient (Wildman–Crippen LogP) is 5.08. The van der Waals surface area contributed by atoms with Gasteiger partial charge in [-0.15, -0.1) is 0 Å². The van der Waals surface area contributed by atoms with E-state index in [0.717, 1.165) is 40.4 Å². The predicted molar refractivity (Wildman–Crippen MR) is 185 cm³/mol. The van der Waals surface area contributed by atoms with Crippen LogP contribution in [0.1, 0.15) is 30.0 Å². The van der Waals surface area contributed by atoms with Crippen LogP contribution in [0, 0.1) is 0 Å². The largest absolute Gasteiger partial charge is 0.497 e. The van der Waals surface area contributed by atoms with Crippen LogP contribution in [0.15, 0.2) is 72.8 Å². The van der Waals surface area contributed by atoms with Gasteiger partial charge in [0.15, 0.2) is 12.6 Å². The van der Waals surface area contributed by atoms with Crippen LogP contribution in [-0.4, -0.2) is 104 Å². The Morgan fingerprint density at radius 2 is 0.941 bits per heavy atom. The molecule has 4 bridgehead atoms. The maximum Gasteiger partial charge on any atom is 0.187 e. The zero-order valence-corrected chi connectivity index (χ0v) is 30.2. The molecule has 4 saturated heterocycles. The minimum atomic E-state index is -0.690. The second-order valence-electron chi connectivity index (χ2n) is 13.0. The van der Waals surface area contributed by atoms with Crippen LogP contribution in [0.4, 0.5) is 0 Å². The molecule has 12 nitrogen and oxygen atoms in total. The first kappa shape index (κ1) is 37.5. The quantitative estimate of drug-likeness (QED) is 0.198. The van der Waals surface area contributed by atoms with Gasteiger partial charge in [-0.25, -0.2) is 0 Å². The molecular weight excluding hydrogens is 660 g/mol. The summed E-state index contributed by atoms with van der Waals surface area (Å²) in [6.45, 7) is 4.85. The molecule has 4 heterocycles. The van der Waals surface area contributed by atoms with Gasteiger partial charge in [0, 0.05) is 14.2 Å². The average molecular weight is 711 g/mol. The van der Waals surface area contributed by atoms with Gasteiger partial charge in [0.2, 0.25) is 0 Å². The van der Waals surface area contributed by atoms with Gasteiger partial charge < -0.3 is 56.8 Å². The molecule has 0 aliphatic carbocycles. The third-order valence-corrected chi connectivity index (χ3v) is 9.93. The molecule has 12 heteroatoms. The van der Waals surface area contributed by atoms with E-state index in [-0.39, 0.29) is 36.3 Å². The summed E-state index contributed by atoms with van der Waals surface area (Å²) < 4.78 is 68.6. The van der Waals surface area contributed by atoms with Crippen molar-refractivity contribution < 1.29 is 56.8 Å². The molecule has 278 valence electrons. The number of benzene rings is 3. The Bertz CT molecular complexity index is 1500. The van der Waals surface area contributed by atoms with Crippen molar-refractivity contribution in [3.63, 3.8) is 0 Å². The number of hydrogen-bond acceptors (Lipinski definition) is 12. The second kappa shape index (κ2) is 17.0. The van der Waals surface area contributed by atoms with Crippen molar-refractivity contribution >= 4 is 0 Å². The van der Waals surface area contributed by atoms with Crippen LogP contribution >= 0.6 is 0 Å². The third kappa shape index (κ3) is 8.20. The molecule has 4 unspecified atom stereocenters. The van der Waals surface area contributed by atoms with E-state index >= 15 is 0 Å². The van der Waals surface area contributed by atoms with Crippen molar-refractivity contribution in [2.75, 3.05) is 55.4 Å². The molecule has 0 spiro atoms. The first-order valence-electron chi connectivity index (χ1n) is 17.2. The lowest BCUT2D eigenvalue weighted by atomic mass is 9.96. The van der Waals surface area contributed by atoms with E-state index in [4.69, 9.17) is 56.8 Å². The van der Waals surface area contributed by atoms with Crippen LogP contribution in [-0.2, 0) is 62.5 Å². The third-order valence-electron chi connectivity index (χ3n) is 9.93. The smallest absolute Gasteiger partial charge is 0.187 e. The maximum atomic E-state index is 6.25. The van der Waals surface area contributed by atoms with Gasteiger partial charge in [-0.2, -0.15) is 0 Å². The molecule has 4 fully saturated rings. The molecular formula is C39H50O12. The zero-order valence-electron chi connectivity index (χ0n) is 30.2. The normalized spacial score (nSPS) is 30.2. The summed E-state index contributed by atoms with van der Waals surface area (Å²) in [5.41, 5.74) is 2.13. The molecule has 0 N–H and O–H groups in total. The van der Waals surface area contributed by atoms with E-state index in [0.29, 0.717) is 39.6 Å². The van der Waals surface area contributed by atoms with E-state index in [9.17, 15) is 0 Å². The Kier molecular flexibility index (Phi) is 12.5. The van der Waals surface area contributed by atoms with Crippen LogP contribution in [0.25, 0.3) is 0 Å². The number of hydrogen-bond donors (Lipinski definition) is 0. The Balaban J connectivity index is 0.000000187. The Hall–Kier alpha value is -3.30. The van der Waals surface area contributed by atoms with E-state index in [1.807, 2.05) is 72.8 Å². The van der Waals surface area contributed by atoms with Gasteiger partial charge in [0.05, 0.1) is 61.0 Å². The Morgan fingerprint density at radius 1 is 0.549 bits per heavy atom. The van der Waals surface area contributed by atoms with E-state index in [1.54, 1.807) is 35.5 Å². The summed E-state index contributed by atoms with van der Waals surface area (Å²) in [5, 5.41) is 0. The van der Waals surface area contributed by atoms with Crippen LogP contribution in [0.2, 0.25) is 0 Å². The van der Waals surface area contributed by atoms with Gasteiger partial charge in [-0.1, -0.05) is 43.3 Å². The minimum Gasteiger partial charge on any atom is -0.497 e. The number of methoxy groups -OCH3 is 5. The van der Waals surface area contributed by atoms with Crippen molar-refractivity contribution in [1.29, 1.82) is 0 Å². The molecule has 0 aromatic heterocycles. The highest BCUT2D eigenvalue weighted by molar-refractivity contribution is 5.28. The Labute approximate surface area is 300 Å². The number of fused-ring (bicyclic) bond motifs is 4. The SMILES string of the molecule is CC[C@@]12CO[C@H](C(OC)O1)C2OCc1ccc(OC)cc1.COc1ccc(COC[C@@]23CO[C@H](C(OC)O2)C3OCc2ccc(OC)cc2)cc1. The fraction of sp³-hybridized carbons (Fsp3) is 0.538. The maximum absolute atomic E-state index is 6.25. The molecule has 3 aromatic carbocycles. The first-order chi connectivity index (χ1) is 24.9. The molecule has 0 amide bonds. The topological polar surface area (TPSA) is 111 Å². The first-order valence-corrected chi connectivity index (χ1v) is 17.2. The van der Waals surface area contributed by atoms with Gasteiger partial charge >= 0.3 is 0 Å². The van der Waals surface area contributed by atoms with Crippen LogP contribution < -0.4 is 14.2 Å². The summed E-state index contributed by atoms with van der Waals surface area (Å²) >= 11 is 0. The molecule has 51 heavy (non-hydrogen) atoms. The lowest BCUT2D eigenvalue weighted by Gasteiger charge is -2.30. The Morgan fingerprint density at radius 3 is 1.35 bits per heavy atom. The van der Waals surface area contributed by atoms with Gasteiger partial charge in [0.1, 0.15) is 52.9 Å². The highest BCUT2D eigenvalue weighted by atomic mass is 16.8. The lowest BCUT2D eigenvalue weighted by molar-refractivity contribution is -0.246. The summed E-state index contributed by atoms with van der Waals surface area (Å²) in [6, 6.07) is 23.5. The van der Waals surface area contributed by atoms with Crippen molar-refractivity contribution in [2.24, 2.45) is 0 Å². The summed E-state index contributed by atoms with van der Waals surface area (Å²) in [5.74, 6) is 2.48. The monoisotopic (exact) mass is 710 g/mol. The highest BCUT2D eigenvalue weighted by Gasteiger charge is 2.63. The molecule has 3 aromatic rings. The number of ether oxygens (including phenoxy) is 12. The van der Waals surface area contributed by atoms with Crippen molar-refractivity contribution in [3.05, 3.63) is 89.5 Å². The van der Waals surface area contributed by atoms with Gasteiger partial charge in [0.25, 0.3) is 0 Å². The molecule has 7 rings (SSSR count). The average Bonchev–Trinajstić information content (AvgIpc) is 3.91. The van der Waals surface area contributed by atoms with Gasteiger partial charge in [-0.3, -0.25) is 0 Å². The minimum absolute atomic E-state index is 0.0884.